The molecule has 0 radical (unpaired) electrons. The molecule has 164 valence electrons. The minimum Gasteiger partial charge on any atom is -0.497 e. The van der Waals surface area contributed by atoms with Crippen molar-refractivity contribution in [2.75, 3.05) is 31.3 Å². The smallest absolute Gasteiger partial charge is 0.246 e. The van der Waals surface area contributed by atoms with Crippen LogP contribution in [0, 0.1) is 6.92 Å². The molecule has 0 spiro atoms. The van der Waals surface area contributed by atoms with Crippen LogP contribution in [0.15, 0.2) is 53.1 Å². The van der Waals surface area contributed by atoms with Crippen molar-refractivity contribution >= 4 is 21.6 Å². The van der Waals surface area contributed by atoms with Gasteiger partial charge in [0.05, 0.1) is 25.6 Å². The van der Waals surface area contributed by atoms with Crippen molar-refractivity contribution in [3.63, 3.8) is 0 Å². The second-order valence-electron chi connectivity index (χ2n) is 7.10. The second-order valence-corrected chi connectivity index (χ2v) is 9.00. The Morgan fingerprint density at radius 2 is 1.74 bits per heavy atom. The summed E-state index contributed by atoms with van der Waals surface area (Å²) in [6.45, 7) is 1.68. The van der Waals surface area contributed by atoms with Crippen LogP contribution in [-0.2, 0) is 21.4 Å². The molecular formula is C21H24N4O5S. The second kappa shape index (κ2) is 9.17. The first-order valence-corrected chi connectivity index (χ1v) is 11.3. The van der Waals surface area contributed by atoms with E-state index in [-0.39, 0.29) is 19.0 Å². The fourth-order valence-electron chi connectivity index (χ4n) is 2.82. The van der Waals surface area contributed by atoms with Gasteiger partial charge in [0.15, 0.2) is 0 Å². The van der Waals surface area contributed by atoms with Crippen molar-refractivity contribution < 1.29 is 22.5 Å². The van der Waals surface area contributed by atoms with E-state index in [1.807, 2.05) is 31.2 Å². The Labute approximate surface area is 181 Å². The number of ether oxygens (including phenoxy) is 1. The van der Waals surface area contributed by atoms with Crippen molar-refractivity contribution in [2.24, 2.45) is 0 Å². The number of aryl methyl sites for hydroxylation is 1. The lowest BCUT2D eigenvalue weighted by molar-refractivity contribution is -0.129. The number of carbonyl (C=O) groups is 1. The van der Waals surface area contributed by atoms with Crippen LogP contribution < -0.4 is 9.04 Å². The lowest BCUT2D eigenvalue weighted by atomic mass is 10.1. The van der Waals surface area contributed by atoms with E-state index in [1.54, 1.807) is 31.3 Å². The Kier molecular flexibility index (Phi) is 6.59. The Morgan fingerprint density at radius 1 is 1.10 bits per heavy atom. The molecule has 10 heteroatoms. The van der Waals surface area contributed by atoms with Crippen molar-refractivity contribution in [1.82, 2.24) is 15.0 Å². The fourth-order valence-corrected chi connectivity index (χ4v) is 3.67. The minimum absolute atomic E-state index is 0.0535. The zero-order chi connectivity index (χ0) is 22.6. The number of amides is 1. The fraction of sp³-hybridized carbons (Fsp3) is 0.286. The molecule has 0 saturated heterocycles. The Balaban J connectivity index is 1.70. The number of carbonyl (C=O) groups excluding carboxylic acids is 1. The van der Waals surface area contributed by atoms with Crippen molar-refractivity contribution in [1.29, 1.82) is 0 Å². The predicted octanol–water partition coefficient (Wildman–Crippen LogP) is 2.48. The van der Waals surface area contributed by atoms with Crippen LogP contribution in [0.25, 0.3) is 11.4 Å². The molecular weight excluding hydrogens is 420 g/mol. The number of sulfonamides is 1. The summed E-state index contributed by atoms with van der Waals surface area (Å²) in [7, 11) is -0.615. The molecule has 0 atom stereocenters. The first-order chi connectivity index (χ1) is 14.7. The summed E-state index contributed by atoms with van der Waals surface area (Å²) in [6, 6.07) is 14.1. The number of nitrogens with zero attached hydrogens (tertiary/aromatic N) is 4. The average Bonchev–Trinajstić information content (AvgIpc) is 3.20. The molecule has 0 aliphatic heterocycles. The summed E-state index contributed by atoms with van der Waals surface area (Å²) < 4.78 is 35.9. The summed E-state index contributed by atoms with van der Waals surface area (Å²) in [4.78, 5) is 18.4. The van der Waals surface area contributed by atoms with E-state index in [2.05, 4.69) is 10.1 Å². The predicted molar refractivity (Wildman–Crippen MR) is 116 cm³/mol. The maximum Gasteiger partial charge on any atom is 0.246 e. The van der Waals surface area contributed by atoms with Crippen molar-refractivity contribution in [3.8, 4) is 17.1 Å². The largest absolute Gasteiger partial charge is 0.497 e. The zero-order valence-electron chi connectivity index (χ0n) is 17.8. The number of hydrogen-bond acceptors (Lipinski definition) is 7. The highest BCUT2D eigenvalue weighted by atomic mass is 32.2. The van der Waals surface area contributed by atoms with E-state index in [9.17, 15) is 13.2 Å². The Bertz CT molecular complexity index is 1140. The molecule has 1 amide bonds. The highest BCUT2D eigenvalue weighted by Gasteiger charge is 2.24. The van der Waals surface area contributed by atoms with Gasteiger partial charge in [-0.05, 0) is 31.2 Å². The highest BCUT2D eigenvalue weighted by Crippen LogP contribution is 2.22. The third-order valence-corrected chi connectivity index (χ3v) is 5.76. The van der Waals surface area contributed by atoms with Gasteiger partial charge in [-0.3, -0.25) is 9.10 Å². The summed E-state index contributed by atoms with van der Waals surface area (Å²) >= 11 is 0. The number of hydrogen-bond donors (Lipinski definition) is 0. The molecule has 0 bridgehead atoms. The number of benzene rings is 2. The van der Waals surface area contributed by atoms with Gasteiger partial charge in [0.1, 0.15) is 12.3 Å². The number of anilines is 1. The maximum atomic E-state index is 12.7. The number of likely N-dealkylation sites (N-methyl/N-ethyl adjacent to an activating group) is 1. The quantitative estimate of drug-likeness (QED) is 0.525. The summed E-state index contributed by atoms with van der Waals surface area (Å²) in [5.41, 5.74) is 2.28. The van der Waals surface area contributed by atoms with Crippen LogP contribution in [0.4, 0.5) is 5.69 Å². The third-order valence-electron chi connectivity index (χ3n) is 4.62. The molecule has 2 aromatic carbocycles. The van der Waals surface area contributed by atoms with Crippen LogP contribution in [0.5, 0.6) is 5.75 Å². The van der Waals surface area contributed by atoms with Gasteiger partial charge < -0.3 is 14.2 Å². The molecule has 0 N–H and O–H groups in total. The standard InChI is InChI=1S/C21H24N4O5S/c1-15-5-7-16(8-6-15)21-22-19(30-23-21)13-24(2)20(26)14-25(31(4,27)28)17-9-11-18(29-3)12-10-17/h5-12H,13-14H2,1-4H3. The normalized spacial score (nSPS) is 11.2. The van der Waals surface area contributed by atoms with Crippen LogP contribution in [0.1, 0.15) is 11.5 Å². The first-order valence-electron chi connectivity index (χ1n) is 9.42. The zero-order valence-corrected chi connectivity index (χ0v) is 18.6. The van der Waals surface area contributed by atoms with E-state index >= 15 is 0 Å². The van der Waals surface area contributed by atoms with Crippen LogP contribution >= 0.6 is 0 Å². The Hall–Kier alpha value is -3.40. The van der Waals surface area contributed by atoms with Crippen molar-refractivity contribution in [3.05, 3.63) is 60.0 Å². The Morgan fingerprint density at radius 3 is 2.32 bits per heavy atom. The molecule has 0 saturated carbocycles. The van der Waals surface area contributed by atoms with E-state index in [4.69, 9.17) is 9.26 Å². The SMILES string of the molecule is COc1ccc(N(CC(=O)N(C)Cc2nc(-c3ccc(C)cc3)no2)S(C)(=O)=O)cc1. The van der Waals surface area contributed by atoms with Crippen LogP contribution in [0.2, 0.25) is 0 Å². The molecule has 31 heavy (non-hydrogen) atoms. The molecule has 1 heterocycles. The molecule has 0 unspecified atom stereocenters. The van der Waals surface area contributed by atoms with Gasteiger partial charge in [-0.25, -0.2) is 8.42 Å². The molecule has 1 aromatic heterocycles. The highest BCUT2D eigenvalue weighted by molar-refractivity contribution is 7.92. The molecule has 3 rings (SSSR count). The van der Waals surface area contributed by atoms with Gasteiger partial charge in [0, 0.05) is 12.6 Å². The summed E-state index contributed by atoms with van der Waals surface area (Å²) in [6.07, 6.45) is 1.05. The van der Waals surface area contributed by atoms with E-state index < -0.39 is 15.9 Å². The van der Waals surface area contributed by atoms with Gasteiger partial charge in [-0.15, -0.1) is 0 Å². The lowest BCUT2D eigenvalue weighted by Crippen LogP contribution is -2.41. The van der Waals surface area contributed by atoms with E-state index in [0.717, 1.165) is 21.7 Å². The number of methoxy groups -OCH3 is 1. The lowest BCUT2D eigenvalue weighted by Gasteiger charge is -2.24. The minimum atomic E-state index is -3.68. The molecule has 0 aliphatic rings. The number of aromatic nitrogens is 2. The third kappa shape index (κ3) is 5.60. The van der Waals surface area contributed by atoms with E-state index in [1.165, 1.54) is 12.0 Å². The molecule has 3 aromatic rings. The van der Waals surface area contributed by atoms with Crippen LogP contribution in [0.3, 0.4) is 0 Å². The molecule has 0 fully saturated rings. The van der Waals surface area contributed by atoms with Crippen molar-refractivity contribution in [2.45, 2.75) is 13.5 Å². The van der Waals surface area contributed by atoms with Crippen LogP contribution in [-0.4, -0.2) is 56.3 Å². The van der Waals surface area contributed by atoms with E-state index in [0.29, 0.717) is 17.3 Å². The summed E-state index contributed by atoms with van der Waals surface area (Å²) in [5, 5.41) is 3.95. The van der Waals surface area contributed by atoms with Gasteiger partial charge in [-0.2, -0.15) is 4.98 Å². The van der Waals surface area contributed by atoms with Gasteiger partial charge >= 0.3 is 0 Å². The van der Waals surface area contributed by atoms with Gasteiger partial charge in [0.2, 0.25) is 27.6 Å². The monoisotopic (exact) mass is 444 g/mol. The first kappa shape index (κ1) is 22.3. The van der Waals surface area contributed by atoms with Gasteiger partial charge in [-0.1, -0.05) is 35.0 Å². The molecule has 9 nitrogen and oxygen atoms in total. The van der Waals surface area contributed by atoms with Gasteiger partial charge in [0.25, 0.3) is 0 Å². The molecule has 0 aliphatic carbocycles. The maximum absolute atomic E-state index is 12.7. The summed E-state index contributed by atoms with van der Waals surface area (Å²) in [5.74, 6) is 0.839. The topological polar surface area (TPSA) is 106 Å². The number of rotatable bonds is 8. The average molecular weight is 445 g/mol.